The van der Waals surface area contributed by atoms with E-state index in [2.05, 4.69) is 26.0 Å². The van der Waals surface area contributed by atoms with E-state index in [0.717, 1.165) is 4.68 Å². The van der Waals surface area contributed by atoms with Gasteiger partial charge in [0, 0.05) is 5.39 Å². The molecule has 0 fully saturated rings. The lowest BCUT2D eigenvalue weighted by molar-refractivity contribution is -0.141. The fraction of sp³-hybridized carbons (Fsp3) is 0.333. The molecule has 0 aliphatic rings. The van der Waals surface area contributed by atoms with Gasteiger partial charge in [0.15, 0.2) is 0 Å². The highest BCUT2D eigenvalue weighted by molar-refractivity contribution is 9.10. The van der Waals surface area contributed by atoms with Crippen molar-refractivity contribution < 1.29 is 13.2 Å². The van der Waals surface area contributed by atoms with Gasteiger partial charge >= 0.3 is 6.18 Å². The lowest BCUT2D eigenvalue weighted by atomic mass is 10.3. The van der Waals surface area contributed by atoms with Gasteiger partial charge < -0.3 is 0 Å². The predicted octanol–water partition coefficient (Wildman–Crippen LogP) is 3.06. The Morgan fingerprint density at radius 3 is 2.75 bits per heavy atom. The van der Waals surface area contributed by atoms with E-state index in [-0.39, 0.29) is 0 Å². The average Bonchev–Trinajstić information content (AvgIpc) is 2.40. The molecule has 16 heavy (non-hydrogen) atoms. The summed E-state index contributed by atoms with van der Waals surface area (Å²) in [5.41, 5.74) is 0.945. The van der Waals surface area contributed by atoms with Gasteiger partial charge in [-0.3, -0.25) is 4.68 Å². The number of alkyl halides is 3. The molecule has 2 aromatic heterocycles. The van der Waals surface area contributed by atoms with Crippen molar-refractivity contribution in [1.29, 1.82) is 0 Å². The zero-order chi connectivity index (χ0) is 11.9. The minimum Gasteiger partial charge on any atom is -0.254 e. The number of pyridine rings is 1. The molecular weight excluding hydrogens is 287 g/mol. The van der Waals surface area contributed by atoms with Gasteiger partial charge in [-0.1, -0.05) is 0 Å². The van der Waals surface area contributed by atoms with Gasteiger partial charge in [-0.05, 0) is 28.9 Å². The van der Waals surface area contributed by atoms with Gasteiger partial charge in [0.05, 0.1) is 17.4 Å². The number of rotatable bonds is 1. The number of hydrogen-bond acceptors (Lipinski definition) is 2. The van der Waals surface area contributed by atoms with Gasteiger partial charge in [0.2, 0.25) is 0 Å². The minimum absolute atomic E-state index is 0.387. The maximum atomic E-state index is 12.3. The molecule has 0 radical (unpaired) electrons. The second-order valence-electron chi connectivity index (χ2n) is 3.38. The van der Waals surface area contributed by atoms with Crippen molar-refractivity contribution in [3.8, 4) is 0 Å². The van der Waals surface area contributed by atoms with Gasteiger partial charge in [0.25, 0.3) is 0 Å². The van der Waals surface area contributed by atoms with Crippen LogP contribution in [0.1, 0.15) is 5.69 Å². The Kier molecular flexibility index (Phi) is 2.65. The van der Waals surface area contributed by atoms with E-state index in [0.29, 0.717) is 21.2 Å². The van der Waals surface area contributed by atoms with Crippen LogP contribution in [-0.4, -0.2) is 20.9 Å². The van der Waals surface area contributed by atoms with Crippen molar-refractivity contribution in [2.24, 2.45) is 0 Å². The Morgan fingerprint density at radius 2 is 2.12 bits per heavy atom. The lowest BCUT2D eigenvalue weighted by Crippen LogP contribution is -2.18. The fourth-order valence-corrected chi connectivity index (χ4v) is 1.83. The first-order valence-corrected chi connectivity index (χ1v) is 5.21. The summed E-state index contributed by atoms with van der Waals surface area (Å²) < 4.78 is 38.3. The van der Waals surface area contributed by atoms with Crippen LogP contribution in [0.4, 0.5) is 13.2 Å². The van der Waals surface area contributed by atoms with Crippen molar-refractivity contribution in [3.63, 3.8) is 0 Å². The van der Waals surface area contributed by atoms with Crippen LogP contribution in [0.15, 0.2) is 16.9 Å². The molecule has 0 N–H and O–H groups in total. The molecule has 7 heteroatoms. The van der Waals surface area contributed by atoms with Crippen molar-refractivity contribution in [2.45, 2.75) is 19.6 Å². The van der Waals surface area contributed by atoms with E-state index >= 15 is 0 Å². The zero-order valence-corrected chi connectivity index (χ0v) is 9.80. The molecule has 0 aromatic carbocycles. The highest BCUT2D eigenvalue weighted by atomic mass is 79.9. The molecular formula is C9H7BrF3N3. The molecule has 0 atom stereocenters. The molecule has 0 bridgehead atoms. The second-order valence-corrected chi connectivity index (χ2v) is 4.19. The third kappa shape index (κ3) is 2.18. The number of hydrogen-bond donors (Lipinski definition) is 0. The summed E-state index contributed by atoms with van der Waals surface area (Å²) in [6.45, 7) is 0.572. The van der Waals surface area contributed by atoms with E-state index in [1.807, 2.05) is 0 Å². The van der Waals surface area contributed by atoms with Crippen LogP contribution >= 0.6 is 15.9 Å². The maximum absolute atomic E-state index is 12.3. The number of halogens is 4. The number of fused-ring (bicyclic) bond motifs is 1. The summed E-state index contributed by atoms with van der Waals surface area (Å²) in [6, 6.07) is 1.66. The smallest absolute Gasteiger partial charge is 0.254 e. The Bertz CT molecular complexity index is 533. The monoisotopic (exact) mass is 293 g/mol. The average molecular weight is 294 g/mol. The summed E-state index contributed by atoms with van der Waals surface area (Å²) in [7, 11) is 0. The second kappa shape index (κ2) is 3.73. The number of aromatic nitrogens is 3. The van der Waals surface area contributed by atoms with E-state index in [9.17, 15) is 13.2 Å². The molecule has 2 rings (SSSR count). The Labute approximate surface area is 97.4 Å². The molecule has 0 unspecified atom stereocenters. The molecule has 0 saturated heterocycles. The zero-order valence-electron chi connectivity index (χ0n) is 8.22. The molecule has 0 aliphatic heterocycles. The molecule has 86 valence electrons. The minimum atomic E-state index is -4.28. The maximum Gasteiger partial charge on any atom is 0.408 e. The molecule has 0 aliphatic carbocycles. The van der Waals surface area contributed by atoms with Crippen molar-refractivity contribution in [3.05, 3.63) is 22.6 Å². The molecule has 0 saturated carbocycles. The van der Waals surface area contributed by atoms with Crippen LogP contribution in [0.25, 0.3) is 10.9 Å². The van der Waals surface area contributed by atoms with Crippen LogP contribution < -0.4 is 0 Å². The van der Waals surface area contributed by atoms with E-state index in [1.165, 1.54) is 6.20 Å². The first kappa shape index (κ1) is 11.4. The summed E-state index contributed by atoms with van der Waals surface area (Å²) in [4.78, 5) is 3.90. The number of nitrogens with zero attached hydrogens (tertiary/aromatic N) is 3. The summed E-state index contributed by atoms with van der Waals surface area (Å²) >= 11 is 3.17. The normalized spacial score (nSPS) is 12.3. The SMILES string of the molecule is Cc1nn(CC(F)(F)F)c2cnc(Br)cc12. The van der Waals surface area contributed by atoms with Crippen molar-refractivity contribution in [1.82, 2.24) is 14.8 Å². The summed E-state index contributed by atoms with van der Waals surface area (Å²) in [5, 5.41) is 4.52. The van der Waals surface area contributed by atoms with Crippen LogP contribution in [0, 0.1) is 6.92 Å². The number of aryl methyl sites for hydroxylation is 1. The van der Waals surface area contributed by atoms with Gasteiger partial charge in [-0.15, -0.1) is 0 Å². The van der Waals surface area contributed by atoms with Crippen molar-refractivity contribution >= 4 is 26.8 Å². The van der Waals surface area contributed by atoms with Crippen LogP contribution in [0.2, 0.25) is 0 Å². The fourth-order valence-electron chi connectivity index (χ4n) is 1.50. The van der Waals surface area contributed by atoms with Gasteiger partial charge in [-0.25, -0.2) is 4.98 Å². The predicted molar refractivity (Wildman–Crippen MR) is 56.0 cm³/mol. The molecule has 2 heterocycles. The Morgan fingerprint density at radius 1 is 1.44 bits per heavy atom. The summed E-state index contributed by atoms with van der Waals surface area (Å²) in [5.74, 6) is 0. The quantitative estimate of drug-likeness (QED) is 0.757. The largest absolute Gasteiger partial charge is 0.408 e. The first-order valence-electron chi connectivity index (χ1n) is 4.42. The third-order valence-corrected chi connectivity index (χ3v) is 2.55. The highest BCUT2D eigenvalue weighted by Crippen LogP contribution is 2.24. The van der Waals surface area contributed by atoms with Gasteiger partial charge in [0.1, 0.15) is 11.1 Å². The first-order chi connectivity index (χ1) is 7.37. The van der Waals surface area contributed by atoms with Crippen LogP contribution in [-0.2, 0) is 6.54 Å². The Balaban J connectivity index is 2.55. The standard InChI is InChI=1S/C9H7BrF3N3/c1-5-6-2-8(10)14-3-7(6)16(15-5)4-9(11,12)13/h2-3H,4H2,1H3. The topological polar surface area (TPSA) is 30.7 Å². The highest BCUT2D eigenvalue weighted by Gasteiger charge is 2.29. The Hall–Kier alpha value is -1.11. The van der Waals surface area contributed by atoms with Crippen LogP contribution in [0.3, 0.4) is 0 Å². The molecule has 0 spiro atoms. The van der Waals surface area contributed by atoms with E-state index in [4.69, 9.17) is 0 Å². The van der Waals surface area contributed by atoms with Crippen molar-refractivity contribution in [2.75, 3.05) is 0 Å². The third-order valence-electron chi connectivity index (χ3n) is 2.12. The molecule has 3 nitrogen and oxygen atoms in total. The van der Waals surface area contributed by atoms with E-state index in [1.54, 1.807) is 13.0 Å². The summed E-state index contributed by atoms with van der Waals surface area (Å²) in [6.07, 6.45) is -2.90. The van der Waals surface area contributed by atoms with E-state index < -0.39 is 12.7 Å². The molecule has 0 amide bonds. The van der Waals surface area contributed by atoms with Gasteiger partial charge in [-0.2, -0.15) is 18.3 Å². The molecule has 2 aromatic rings. The lowest BCUT2D eigenvalue weighted by Gasteiger charge is -2.06. The van der Waals surface area contributed by atoms with Crippen LogP contribution in [0.5, 0.6) is 0 Å².